The largest absolute Gasteiger partial charge is 0.493 e. The highest BCUT2D eigenvalue weighted by Gasteiger charge is 2.12. The Labute approximate surface area is 174 Å². The van der Waals surface area contributed by atoms with E-state index in [1.165, 1.54) is 16.6 Å². The number of thiazole rings is 1. The van der Waals surface area contributed by atoms with Gasteiger partial charge in [-0.05, 0) is 29.6 Å². The quantitative estimate of drug-likeness (QED) is 0.357. The average molecular weight is 432 g/mol. The molecular weight excluding hydrogens is 414 g/mol. The Hall–Kier alpha value is -2.36. The van der Waals surface area contributed by atoms with Crippen molar-refractivity contribution >= 4 is 34.4 Å². The van der Waals surface area contributed by atoms with Crippen molar-refractivity contribution in [2.24, 2.45) is 0 Å². The predicted molar refractivity (Wildman–Crippen MR) is 112 cm³/mol. The van der Waals surface area contributed by atoms with Crippen LogP contribution in [-0.4, -0.2) is 29.4 Å². The molecule has 0 radical (unpaired) electrons. The molecule has 4 rings (SSSR count). The van der Waals surface area contributed by atoms with E-state index < -0.39 is 0 Å². The van der Waals surface area contributed by atoms with Gasteiger partial charge in [0.25, 0.3) is 5.22 Å². The summed E-state index contributed by atoms with van der Waals surface area (Å²) in [5.41, 5.74) is 1.97. The van der Waals surface area contributed by atoms with Crippen molar-refractivity contribution in [1.29, 1.82) is 0 Å². The number of thiophene rings is 1. The molecule has 144 valence electrons. The van der Waals surface area contributed by atoms with Crippen LogP contribution < -0.4 is 9.47 Å². The second-order valence-corrected chi connectivity index (χ2v) is 8.54. The number of thioether (sulfide) groups is 1. The molecule has 0 aliphatic carbocycles. The highest BCUT2D eigenvalue weighted by atomic mass is 32.2. The summed E-state index contributed by atoms with van der Waals surface area (Å²) in [6.07, 6.45) is 0.672. The minimum absolute atomic E-state index is 0.562. The maximum absolute atomic E-state index is 5.72. The zero-order valence-corrected chi connectivity index (χ0v) is 17.7. The van der Waals surface area contributed by atoms with Crippen LogP contribution in [0.25, 0.3) is 10.6 Å². The number of rotatable bonds is 8. The molecule has 1 aromatic carbocycles. The number of nitrogens with zero attached hydrogens (tertiary/aromatic N) is 3. The maximum Gasteiger partial charge on any atom is 0.276 e. The van der Waals surface area contributed by atoms with Gasteiger partial charge in [0.05, 0.1) is 26.3 Å². The number of methoxy groups -OCH3 is 2. The minimum atomic E-state index is 0.562. The molecule has 3 aromatic heterocycles. The SMILES string of the molecule is COc1ccc(-c2nc(CSc3nnc(Cc4cccs4)o3)cs2)cc1OC. The van der Waals surface area contributed by atoms with Crippen molar-refractivity contribution in [3.63, 3.8) is 0 Å². The zero-order chi connectivity index (χ0) is 19.3. The fourth-order valence-electron chi connectivity index (χ4n) is 2.54. The Balaban J connectivity index is 1.39. The molecule has 0 atom stereocenters. The Kier molecular flexibility index (Phi) is 5.94. The van der Waals surface area contributed by atoms with Crippen molar-refractivity contribution in [3.05, 3.63) is 57.6 Å². The lowest BCUT2D eigenvalue weighted by Gasteiger charge is -2.08. The van der Waals surface area contributed by atoms with Gasteiger partial charge in [-0.2, -0.15) is 0 Å². The molecule has 0 N–H and O–H groups in total. The van der Waals surface area contributed by atoms with Crippen LogP contribution >= 0.6 is 34.4 Å². The smallest absolute Gasteiger partial charge is 0.276 e. The summed E-state index contributed by atoms with van der Waals surface area (Å²) in [7, 11) is 3.25. The molecule has 0 aliphatic rings. The molecule has 9 heteroatoms. The van der Waals surface area contributed by atoms with Gasteiger partial charge in [0.15, 0.2) is 11.5 Å². The Bertz CT molecular complexity index is 1040. The number of hydrogen-bond donors (Lipinski definition) is 0. The molecule has 0 fully saturated rings. The topological polar surface area (TPSA) is 70.3 Å². The molecule has 6 nitrogen and oxygen atoms in total. The molecule has 28 heavy (non-hydrogen) atoms. The molecule has 0 saturated carbocycles. The van der Waals surface area contributed by atoms with Crippen molar-refractivity contribution < 1.29 is 13.9 Å². The normalized spacial score (nSPS) is 10.9. The first-order valence-corrected chi connectivity index (χ1v) is 11.1. The zero-order valence-electron chi connectivity index (χ0n) is 15.2. The standard InChI is InChI=1S/C19H17N3O3S3/c1-23-15-6-5-12(8-16(15)24-2)18-20-13(10-27-18)11-28-19-22-21-17(25-19)9-14-4-3-7-26-14/h3-8,10H,9,11H2,1-2H3. The summed E-state index contributed by atoms with van der Waals surface area (Å²) >= 11 is 4.77. The lowest BCUT2D eigenvalue weighted by molar-refractivity contribution is 0.355. The van der Waals surface area contributed by atoms with E-state index in [1.807, 2.05) is 35.0 Å². The summed E-state index contributed by atoms with van der Waals surface area (Å²) < 4.78 is 16.4. The molecule has 4 aromatic rings. The van der Waals surface area contributed by atoms with Crippen molar-refractivity contribution in [2.45, 2.75) is 17.4 Å². The number of benzene rings is 1. The van der Waals surface area contributed by atoms with Gasteiger partial charge in [-0.1, -0.05) is 17.8 Å². The summed E-state index contributed by atoms with van der Waals surface area (Å²) in [5.74, 6) is 2.70. The van der Waals surface area contributed by atoms with E-state index in [2.05, 4.69) is 16.3 Å². The van der Waals surface area contributed by atoms with Crippen molar-refractivity contribution in [1.82, 2.24) is 15.2 Å². The average Bonchev–Trinajstić information content (AvgIpc) is 3.48. The first-order valence-electron chi connectivity index (χ1n) is 8.39. The van der Waals surface area contributed by atoms with E-state index in [0.717, 1.165) is 16.3 Å². The van der Waals surface area contributed by atoms with Gasteiger partial charge in [-0.15, -0.1) is 32.9 Å². The van der Waals surface area contributed by atoms with Crippen molar-refractivity contribution in [3.8, 4) is 22.1 Å². The molecule has 0 unspecified atom stereocenters. The molecule has 0 amide bonds. The van der Waals surface area contributed by atoms with Crippen LogP contribution in [0.1, 0.15) is 16.5 Å². The van der Waals surface area contributed by atoms with E-state index in [0.29, 0.717) is 34.8 Å². The summed E-state index contributed by atoms with van der Waals surface area (Å²) in [5, 5.41) is 13.8. The highest BCUT2D eigenvalue weighted by molar-refractivity contribution is 7.98. The summed E-state index contributed by atoms with van der Waals surface area (Å²) in [4.78, 5) is 5.91. The molecule has 3 heterocycles. The van der Waals surface area contributed by atoms with Crippen LogP contribution in [0, 0.1) is 0 Å². The fraction of sp³-hybridized carbons (Fsp3) is 0.211. The van der Waals surface area contributed by atoms with Gasteiger partial charge in [0.2, 0.25) is 5.89 Å². The molecule has 0 aliphatic heterocycles. The third-order valence-corrected chi connectivity index (χ3v) is 6.55. The second kappa shape index (κ2) is 8.76. The van der Waals surface area contributed by atoms with Gasteiger partial charge >= 0.3 is 0 Å². The maximum atomic E-state index is 5.72. The number of aromatic nitrogens is 3. The molecule has 0 spiro atoms. The first kappa shape index (κ1) is 19.0. The monoisotopic (exact) mass is 431 g/mol. The van der Waals surface area contributed by atoms with E-state index in [-0.39, 0.29) is 0 Å². The number of hydrogen-bond acceptors (Lipinski definition) is 9. The number of ether oxygens (including phenoxy) is 2. The summed E-state index contributed by atoms with van der Waals surface area (Å²) in [6, 6.07) is 9.88. The Morgan fingerprint density at radius 1 is 1.07 bits per heavy atom. The van der Waals surface area contributed by atoms with Crippen LogP contribution in [0.4, 0.5) is 0 Å². The predicted octanol–water partition coefficient (Wildman–Crippen LogP) is 5.15. The van der Waals surface area contributed by atoms with Crippen LogP contribution in [0.2, 0.25) is 0 Å². The van der Waals surface area contributed by atoms with E-state index >= 15 is 0 Å². The Morgan fingerprint density at radius 3 is 2.75 bits per heavy atom. The van der Waals surface area contributed by atoms with Crippen molar-refractivity contribution in [2.75, 3.05) is 14.2 Å². The molecule has 0 bridgehead atoms. The third kappa shape index (κ3) is 4.37. The van der Waals surface area contributed by atoms with Crippen LogP contribution in [0.3, 0.4) is 0 Å². The lowest BCUT2D eigenvalue weighted by Crippen LogP contribution is -1.90. The van der Waals surface area contributed by atoms with E-state index in [1.54, 1.807) is 36.9 Å². The highest BCUT2D eigenvalue weighted by Crippen LogP contribution is 2.34. The lowest BCUT2D eigenvalue weighted by atomic mass is 10.2. The van der Waals surface area contributed by atoms with Crippen LogP contribution in [-0.2, 0) is 12.2 Å². The molecule has 0 saturated heterocycles. The van der Waals surface area contributed by atoms with Gasteiger partial charge in [-0.25, -0.2) is 4.98 Å². The molecular formula is C19H17N3O3S3. The van der Waals surface area contributed by atoms with Gasteiger partial charge in [0, 0.05) is 21.6 Å². The fourth-order valence-corrected chi connectivity index (χ4v) is 4.83. The van der Waals surface area contributed by atoms with E-state index in [9.17, 15) is 0 Å². The second-order valence-electron chi connectivity index (χ2n) is 5.72. The third-order valence-electron chi connectivity index (χ3n) is 3.88. The van der Waals surface area contributed by atoms with Crippen LogP contribution in [0.15, 0.2) is 50.7 Å². The van der Waals surface area contributed by atoms with Gasteiger partial charge < -0.3 is 13.9 Å². The van der Waals surface area contributed by atoms with Gasteiger partial charge in [0.1, 0.15) is 5.01 Å². The van der Waals surface area contributed by atoms with Gasteiger partial charge in [-0.3, -0.25) is 0 Å². The van der Waals surface area contributed by atoms with Crippen LogP contribution in [0.5, 0.6) is 11.5 Å². The first-order chi connectivity index (χ1) is 13.7. The summed E-state index contributed by atoms with van der Waals surface area (Å²) in [6.45, 7) is 0. The minimum Gasteiger partial charge on any atom is -0.493 e. The Morgan fingerprint density at radius 2 is 1.96 bits per heavy atom. The van der Waals surface area contributed by atoms with E-state index in [4.69, 9.17) is 18.9 Å².